The van der Waals surface area contributed by atoms with Crippen LogP contribution < -0.4 is 27.4 Å². The molecule has 1 rings (SSSR count). The Morgan fingerprint density at radius 1 is 1.03 bits per heavy atom. The van der Waals surface area contributed by atoms with E-state index < -0.39 is 53.8 Å². The molecule has 0 aliphatic heterocycles. The number of carboxylic acids is 1. The molecule has 5 unspecified atom stereocenters. The highest BCUT2D eigenvalue weighted by molar-refractivity contribution is 5.94. The number of aromatic amines is 1. The Hall–Kier alpha value is -3.48. The molecule has 0 radical (unpaired) electrons. The third kappa shape index (κ3) is 9.73. The average molecular weight is 496 g/mol. The number of nitrogens with zero attached hydrogens (tertiary/aromatic N) is 1. The zero-order chi connectivity index (χ0) is 26.7. The van der Waals surface area contributed by atoms with Crippen LogP contribution in [0.3, 0.4) is 0 Å². The van der Waals surface area contributed by atoms with Crippen LogP contribution in [0.4, 0.5) is 0 Å². The lowest BCUT2D eigenvalue weighted by Gasteiger charge is -2.26. The zero-order valence-electron chi connectivity index (χ0n) is 20.5. The molecule has 1 aromatic heterocycles. The van der Waals surface area contributed by atoms with Crippen LogP contribution in [0.1, 0.15) is 52.7 Å². The van der Waals surface area contributed by atoms with Crippen LogP contribution in [-0.4, -0.2) is 68.8 Å². The topological polar surface area (TPSA) is 222 Å². The van der Waals surface area contributed by atoms with Gasteiger partial charge in [-0.25, -0.2) is 9.78 Å². The largest absolute Gasteiger partial charge is 0.480 e. The molecular weight excluding hydrogens is 458 g/mol. The predicted octanol–water partition coefficient (Wildman–Crippen LogP) is -1.21. The second kappa shape index (κ2) is 14.0. The van der Waals surface area contributed by atoms with Crippen molar-refractivity contribution in [2.24, 2.45) is 23.3 Å². The highest BCUT2D eigenvalue weighted by Crippen LogP contribution is 2.10. The summed E-state index contributed by atoms with van der Waals surface area (Å²) >= 11 is 0. The van der Waals surface area contributed by atoms with Crippen molar-refractivity contribution in [3.63, 3.8) is 0 Å². The number of rotatable bonds is 15. The second-order valence-electron chi connectivity index (χ2n) is 8.89. The van der Waals surface area contributed by atoms with Crippen molar-refractivity contribution in [1.29, 1.82) is 0 Å². The van der Waals surface area contributed by atoms with E-state index in [0.29, 0.717) is 12.1 Å². The van der Waals surface area contributed by atoms with Gasteiger partial charge >= 0.3 is 5.97 Å². The number of hydrogen-bond acceptors (Lipinski definition) is 7. The summed E-state index contributed by atoms with van der Waals surface area (Å²) in [5.74, 6) is -4.54. The molecule has 13 heteroatoms. The first kappa shape index (κ1) is 29.6. The molecule has 35 heavy (non-hydrogen) atoms. The van der Waals surface area contributed by atoms with Crippen LogP contribution >= 0.6 is 0 Å². The van der Waals surface area contributed by atoms with Crippen molar-refractivity contribution in [3.8, 4) is 0 Å². The van der Waals surface area contributed by atoms with E-state index >= 15 is 0 Å². The predicted molar refractivity (Wildman–Crippen MR) is 126 cm³/mol. The maximum Gasteiger partial charge on any atom is 0.326 e. The molecule has 1 heterocycles. The number of amides is 4. The summed E-state index contributed by atoms with van der Waals surface area (Å²) in [5, 5.41) is 17.0. The number of H-pyrrole nitrogens is 1. The fourth-order valence-electron chi connectivity index (χ4n) is 3.16. The fourth-order valence-corrected chi connectivity index (χ4v) is 3.16. The Balaban J connectivity index is 3.11. The molecule has 5 atom stereocenters. The van der Waals surface area contributed by atoms with Crippen LogP contribution in [0.25, 0.3) is 0 Å². The van der Waals surface area contributed by atoms with E-state index in [-0.39, 0.29) is 31.1 Å². The van der Waals surface area contributed by atoms with Crippen LogP contribution in [-0.2, 0) is 30.4 Å². The van der Waals surface area contributed by atoms with Crippen LogP contribution in [0.5, 0.6) is 0 Å². The summed E-state index contributed by atoms with van der Waals surface area (Å²) in [6.07, 6.45) is 3.03. The molecule has 0 saturated heterocycles. The average Bonchev–Trinajstić information content (AvgIpc) is 3.30. The van der Waals surface area contributed by atoms with Gasteiger partial charge in [-0.2, -0.15) is 0 Å². The Morgan fingerprint density at radius 3 is 2.11 bits per heavy atom. The normalized spacial score (nSPS) is 15.4. The van der Waals surface area contributed by atoms with Gasteiger partial charge in [0, 0.05) is 24.7 Å². The molecule has 13 nitrogen and oxygen atoms in total. The van der Waals surface area contributed by atoms with Crippen LogP contribution in [0, 0.1) is 11.8 Å². The highest BCUT2D eigenvalue weighted by Gasteiger charge is 2.32. The maximum absolute atomic E-state index is 13.2. The minimum atomic E-state index is -1.26. The summed E-state index contributed by atoms with van der Waals surface area (Å²) in [4.78, 5) is 68.3. The van der Waals surface area contributed by atoms with E-state index in [4.69, 9.17) is 11.5 Å². The van der Waals surface area contributed by atoms with Gasteiger partial charge in [-0.15, -0.1) is 0 Å². The summed E-state index contributed by atoms with van der Waals surface area (Å²) < 4.78 is 0. The lowest BCUT2D eigenvalue weighted by molar-refractivity contribution is -0.144. The van der Waals surface area contributed by atoms with Crippen molar-refractivity contribution in [2.75, 3.05) is 0 Å². The minimum Gasteiger partial charge on any atom is -0.480 e. The molecule has 0 bridgehead atoms. The highest BCUT2D eigenvalue weighted by atomic mass is 16.4. The summed E-state index contributed by atoms with van der Waals surface area (Å²) in [7, 11) is 0. The summed E-state index contributed by atoms with van der Waals surface area (Å²) in [6, 6.07) is -4.44. The number of aliphatic carboxylic acids is 1. The first-order chi connectivity index (χ1) is 16.4. The number of nitrogens with two attached hydrogens (primary N) is 2. The summed E-state index contributed by atoms with van der Waals surface area (Å²) in [6.45, 7) is 6.97. The Bertz CT molecular complexity index is 874. The zero-order valence-corrected chi connectivity index (χ0v) is 20.5. The van der Waals surface area contributed by atoms with E-state index in [1.807, 2.05) is 0 Å². The molecule has 0 aliphatic carbocycles. The lowest BCUT2D eigenvalue weighted by atomic mass is 9.98. The molecule has 0 fully saturated rings. The standard InChI is InChI=1S/C22H37N7O6/c1-5-12(4)18(22(34)35)29-19(31)14(6-7-16(23)30)27-20(32)15(8-13-9-25-10-26-13)28-21(33)17(24)11(2)3/h9-12,14-15,17-18H,5-8,24H2,1-4H3,(H2,23,30)(H,25,26)(H,27,32)(H,28,33)(H,29,31)(H,34,35). The maximum atomic E-state index is 13.2. The van der Waals surface area contributed by atoms with Crippen molar-refractivity contribution in [2.45, 2.75) is 77.5 Å². The van der Waals surface area contributed by atoms with E-state index in [0.717, 1.165) is 0 Å². The number of aromatic nitrogens is 2. The fraction of sp³-hybridized carbons (Fsp3) is 0.636. The van der Waals surface area contributed by atoms with Gasteiger partial charge in [0.25, 0.3) is 0 Å². The number of nitrogens with one attached hydrogen (secondary N) is 4. The molecule has 4 amide bonds. The number of carbonyl (C=O) groups is 5. The van der Waals surface area contributed by atoms with E-state index in [1.165, 1.54) is 12.5 Å². The number of imidazole rings is 1. The first-order valence-corrected chi connectivity index (χ1v) is 11.5. The molecule has 0 saturated carbocycles. The van der Waals surface area contributed by atoms with E-state index in [9.17, 15) is 29.1 Å². The van der Waals surface area contributed by atoms with E-state index in [2.05, 4.69) is 25.9 Å². The van der Waals surface area contributed by atoms with Gasteiger partial charge in [-0.1, -0.05) is 34.1 Å². The third-order valence-electron chi connectivity index (χ3n) is 5.72. The second-order valence-corrected chi connectivity index (χ2v) is 8.89. The van der Waals surface area contributed by atoms with E-state index in [1.54, 1.807) is 27.7 Å². The lowest BCUT2D eigenvalue weighted by Crippen LogP contribution is -2.58. The monoisotopic (exact) mass is 495 g/mol. The van der Waals surface area contributed by atoms with Crippen molar-refractivity contribution < 1.29 is 29.1 Å². The number of carbonyl (C=O) groups excluding carboxylic acids is 4. The number of primary amides is 1. The molecular formula is C22H37N7O6. The minimum absolute atomic E-state index is 0.0250. The van der Waals surface area contributed by atoms with Gasteiger partial charge in [0.1, 0.15) is 18.1 Å². The van der Waals surface area contributed by atoms with Crippen LogP contribution in [0.2, 0.25) is 0 Å². The Kier molecular flexibility index (Phi) is 11.9. The van der Waals surface area contributed by atoms with Gasteiger partial charge in [0.05, 0.1) is 12.4 Å². The molecule has 1 aromatic rings. The van der Waals surface area contributed by atoms with Crippen molar-refractivity contribution in [1.82, 2.24) is 25.9 Å². The van der Waals surface area contributed by atoms with Crippen LogP contribution in [0.15, 0.2) is 12.5 Å². The van der Waals surface area contributed by atoms with Gasteiger partial charge in [0.15, 0.2) is 0 Å². The molecule has 0 spiro atoms. The first-order valence-electron chi connectivity index (χ1n) is 11.5. The molecule has 0 aliphatic rings. The number of hydrogen-bond donors (Lipinski definition) is 7. The molecule has 9 N–H and O–H groups in total. The van der Waals surface area contributed by atoms with Gasteiger partial charge in [-0.05, 0) is 18.3 Å². The Morgan fingerprint density at radius 2 is 1.63 bits per heavy atom. The SMILES string of the molecule is CCC(C)C(NC(=O)C(CCC(N)=O)NC(=O)C(Cc1cnc[nH]1)NC(=O)C(N)C(C)C)C(=O)O. The molecule has 0 aromatic carbocycles. The Labute approximate surface area is 204 Å². The third-order valence-corrected chi connectivity index (χ3v) is 5.72. The summed E-state index contributed by atoms with van der Waals surface area (Å²) in [5.41, 5.74) is 11.7. The molecule has 196 valence electrons. The van der Waals surface area contributed by atoms with Gasteiger partial charge < -0.3 is 37.5 Å². The van der Waals surface area contributed by atoms with Crippen molar-refractivity contribution in [3.05, 3.63) is 18.2 Å². The van der Waals surface area contributed by atoms with Crippen molar-refractivity contribution >= 4 is 29.6 Å². The quantitative estimate of drug-likeness (QED) is 0.156. The van der Waals surface area contributed by atoms with Gasteiger partial charge in [-0.3, -0.25) is 19.2 Å². The number of carboxylic acid groups (broad SMARTS) is 1. The smallest absolute Gasteiger partial charge is 0.326 e. The van der Waals surface area contributed by atoms with Gasteiger partial charge in [0.2, 0.25) is 23.6 Å².